The fourth-order valence-corrected chi connectivity index (χ4v) is 1.53. The van der Waals surface area contributed by atoms with Crippen LogP contribution in [0.4, 0.5) is 5.69 Å². The number of carbonyl (C=O) groups is 1. The summed E-state index contributed by atoms with van der Waals surface area (Å²) in [7, 11) is 1.73. The van der Waals surface area contributed by atoms with Gasteiger partial charge in [-0.05, 0) is 18.2 Å². The molecule has 2 rings (SSSR count). The molecule has 0 amide bonds. The van der Waals surface area contributed by atoms with Gasteiger partial charge in [0.15, 0.2) is 6.20 Å². The van der Waals surface area contributed by atoms with E-state index < -0.39 is 10.9 Å². The van der Waals surface area contributed by atoms with Gasteiger partial charge in [-0.25, -0.2) is 4.79 Å². The van der Waals surface area contributed by atoms with Crippen LogP contribution >= 0.6 is 0 Å². The number of aryl methyl sites for hydroxylation is 1. The molecule has 0 fully saturated rings. The number of nitro benzene ring substituents is 1. The summed E-state index contributed by atoms with van der Waals surface area (Å²) >= 11 is 0. The molecule has 0 saturated heterocycles. The van der Waals surface area contributed by atoms with Crippen molar-refractivity contribution in [3.8, 4) is 5.75 Å². The van der Waals surface area contributed by atoms with Crippen LogP contribution in [0.1, 0.15) is 10.5 Å². The normalized spacial score (nSPS) is 9.95. The smallest absolute Gasteiger partial charge is 0.409 e. The van der Waals surface area contributed by atoms with Gasteiger partial charge in [-0.15, -0.1) is 0 Å². The maximum Gasteiger partial charge on any atom is 0.409 e. The Kier molecular flexibility index (Phi) is 3.51. The fourth-order valence-electron chi connectivity index (χ4n) is 1.53. The molecule has 0 spiro atoms. The van der Waals surface area contributed by atoms with Crippen molar-refractivity contribution in [2.24, 2.45) is 7.05 Å². The zero-order valence-electron chi connectivity index (χ0n) is 10.1. The zero-order valence-corrected chi connectivity index (χ0v) is 10.1. The largest absolute Gasteiger partial charge is 0.419 e. The van der Waals surface area contributed by atoms with Gasteiger partial charge in [0, 0.05) is 24.3 Å². The maximum atomic E-state index is 11.9. The number of hydrogen-bond donors (Lipinski definition) is 0. The van der Waals surface area contributed by atoms with Crippen LogP contribution in [0, 0.1) is 10.1 Å². The van der Waals surface area contributed by atoms with Crippen LogP contribution in [-0.4, -0.2) is 10.9 Å². The van der Waals surface area contributed by atoms with Crippen molar-refractivity contribution >= 4 is 11.7 Å². The molecule has 1 aromatic heterocycles. The van der Waals surface area contributed by atoms with E-state index in [1.165, 1.54) is 24.3 Å². The summed E-state index contributed by atoms with van der Waals surface area (Å²) in [5.41, 5.74) is 0.339. The third-order valence-electron chi connectivity index (χ3n) is 2.52. The quantitative estimate of drug-likeness (QED) is 0.276. The Labute approximate surface area is 109 Å². The van der Waals surface area contributed by atoms with Crippen molar-refractivity contribution in [1.82, 2.24) is 0 Å². The molecular weight excluding hydrogens is 248 g/mol. The first kappa shape index (κ1) is 12.7. The highest BCUT2D eigenvalue weighted by Gasteiger charge is 2.18. The van der Waals surface area contributed by atoms with Crippen molar-refractivity contribution in [2.45, 2.75) is 0 Å². The number of non-ortho nitro benzene ring substituents is 1. The summed E-state index contributed by atoms with van der Waals surface area (Å²) < 4.78 is 6.77. The van der Waals surface area contributed by atoms with Gasteiger partial charge in [0.1, 0.15) is 12.8 Å². The summed E-state index contributed by atoms with van der Waals surface area (Å²) in [5, 5.41) is 10.5. The number of nitrogens with zero attached hydrogens (tertiary/aromatic N) is 2. The van der Waals surface area contributed by atoms with Crippen molar-refractivity contribution in [2.75, 3.05) is 0 Å². The van der Waals surface area contributed by atoms with Gasteiger partial charge in [0.2, 0.25) is 0 Å². The number of hydrogen-bond acceptors (Lipinski definition) is 4. The second kappa shape index (κ2) is 5.26. The summed E-state index contributed by atoms with van der Waals surface area (Å²) in [5.74, 6) is -0.253. The van der Waals surface area contributed by atoms with Gasteiger partial charge in [-0.3, -0.25) is 10.1 Å². The second-order valence-corrected chi connectivity index (χ2v) is 3.84. The molecule has 96 valence electrons. The van der Waals surface area contributed by atoms with Crippen molar-refractivity contribution in [3.05, 3.63) is 64.5 Å². The highest BCUT2D eigenvalue weighted by Crippen LogP contribution is 2.17. The van der Waals surface area contributed by atoms with Crippen LogP contribution in [-0.2, 0) is 7.05 Å². The molecule has 0 bridgehead atoms. The van der Waals surface area contributed by atoms with E-state index in [0.29, 0.717) is 5.69 Å². The van der Waals surface area contributed by atoms with E-state index in [4.69, 9.17) is 4.74 Å². The number of ether oxygens (including phenoxy) is 1. The van der Waals surface area contributed by atoms with E-state index in [0.717, 1.165) is 0 Å². The van der Waals surface area contributed by atoms with Crippen LogP contribution in [0.3, 0.4) is 0 Å². The number of rotatable bonds is 3. The Hall–Kier alpha value is -2.76. The second-order valence-electron chi connectivity index (χ2n) is 3.84. The molecule has 19 heavy (non-hydrogen) atoms. The highest BCUT2D eigenvalue weighted by molar-refractivity contribution is 5.87. The van der Waals surface area contributed by atoms with Crippen LogP contribution in [0.25, 0.3) is 0 Å². The molecule has 2 aromatic rings. The van der Waals surface area contributed by atoms with Gasteiger partial charge in [-0.1, -0.05) is 0 Å². The minimum Gasteiger partial charge on any atom is -0.419 e. The number of nitro groups is 1. The summed E-state index contributed by atoms with van der Waals surface area (Å²) in [6.07, 6.45) is 1.73. The first-order chi connectivity index (χ1) is 9.08. The molecule has 6 heteroatoms. The van der Waals surface area contributed by atoms with Crippen LogP contribution in [0.15, 0.2) is 48.7 Å². The highest BCUT2D eigenvalue weighted by atomic mass is 16.6. The molecular formula is C13H11N2O4+. The number of pyridine rings is 1. The molecule has 0 N–H and O–H groups in total. The Balaban J connectivity index is 2.15. The lowest BCUT2D eigenvalue weighted by Gasteiger charge is -2.02. The van der Waals surface area contributed by atoms with Crippen molar-refractivity contribution < 1.29 is 19.0 Å². The SMILES string of the molecule is C[n+]1ccccc1C(=O)Oc1ccc([N+](=O)[O-])cc1. The van der Waals surface area contributed by atoms with E-state index in [9.17, 15) is 14.9 Å². The van der Waals surface area contributed by atoms with Gasteiger partial charge >= 0.3 is 5.97 Å². The van der Waals surface area contributed by atoms with Crippen molar-refractivity contribution in [1.29, 1.82) is 0 Å². The summed E-state index contributed by atoms with van der Waals surface area (Å²) in [6, 6.07) is 10.5. The average Bonchev–Trinajstić information content (AvgIpc) is 2.39. The number of benzene rings is 1. The summed E-state index contributed by atoms with van der Waals surface area (Å²) in [4.78, 5) is 21.9. The minimum absolute atomic E-state index is 0.0509. The molecule has 0 radical (unpaired) electrons. The van der Waals surface area contributed by atoms with E-state index in [1.54, 1.807) is 36.0 Å². The third-order valence-corrected chi connectivity index (χ3v) is 2.52. The van der Waals surface area contributed by atoms with E-state index in [-0.39, 0.29) is 11.4 Å². The number of carbonyl (C=O) groups excluding carboxylic acids is 1. The predicted octanol–water partition coefficient (Wildman–Crippen LogP) is 1.64. The van der Waals surface area contributed by atoms with Crippen LogP contribution < -0.4 is 9.30 Å². The monoisotopic (exact) mass is 259 g/mol. The van der Waals surface area contributed by atoms with Gasteiger partial charge in [0.05, 0.1) is 4.92 Å². The lowest BCUT2D eigenvalue weighted by Crippen LogP contribution is -2.36. The molecule has 0 unspecified atom stereocenters. The lowest BCUT2D eigenvalue weighted by molar-refractivity contribution is -0.673. The van der Waals surface area contributed by atoms with E-state index >= 15 is 0 Å². The molecule has 6 nitrogen and oxygen atoms in total. The molecule has 0 atom stereocenters. The van der Waals surface area contributed by atoms with Gasteiger partial charge < -0.3 is 4.74 Å². The molecule has 1 aromatic carbocycles. The van der Waals surface area contributed by atoms with Gasteiger partial charge in [-0.2, -0.15) is 4.57 Å². The topological polar surface area (TPSA) is 73.3 Å². The molecule has 0 saturated carbocycles. The standard InChI is InChI=1S/C13H11N2O4/c1-14-9-3-2-4-12(14)13(16)19-11-7-5-10(6-8-11)15(17)18/h2-9H,1H3/q+1. The van der Waals surface area contributed by atoms with Gasteiger partial charge in [0.25, 0.3) is 11.4 Å². The third kappa shape index (κ3) is 2.92. The Bertz CT molecular complexity index is 623. The molecule has 0 aliphatic rings. The predicted molar refractivity (Wildman–Crippen MR) is 65.7 cm³/mol. The van der Waals surface area contributed by atoms with E-state index in [1.807, 2.05) is 0 Å². The van der Waals surface area contributed by atoms with E-state index in [2.05, 4.69) is 0 Å². The zero-order chi connectivity index (χ0) is 13.8. The van der Waals surface area contributed by atoms with Crippen LogP contribution in [0.5, 0.6) is 5.75 Å². The fraction of sp³-hybridized carbons (Fsp3) is 0.0769. The Morgan fingerprint density at radius 2 is 1.89 bits per heavy atom. The van der Waals surface area contributed by atoms with Crippen LogP contribution in [0.2, 0.25) is 0 Å². The number of esters is 1. The molecule has 1 heterocycles. The molecule has 0 aliphatic carbocycles. The average molecular weight is 259 g/mol. The minimum atomic E-state index is -0.517. The Morgan fingerprint density at radius 1 is 1.21 bits per heavy atom. The molecule has 0 aliphatic heterocycles. The Morgan fingerprint density at radius 3 is 2.47 bits per heavy atom. The first-order valence-electron chi connectivity index (χ1n) is 5.49. The maximum absolute atomic E-state index is 11.9. The summed E-state index contributed by atoms with van der Waals surface area (Å²) in [6.45, 7) is 0. The first-order valence-corrected chi connectivity index (χ1v) is 5.49. The number of aromatic nitrogens is 1. The lowest BCUT2D eigenvalue weighted by atomic mass is 10.3. The van der Waals surface area contributed by atoms with Crippen molar-refractivity contribution in [3.63, 3.8) is 0 Å².